The van der Waals surface area contributed by atoms with Crippen molar-refractivity contribution in [1.82, 2.24) is 5.32 Å². The lowest BCUT2D eigenvalue weighted by molar-refractivity contribution is -0.137. The van der Waals surface area contributed by atoms with E-state index in [1.54, 1.807) is 66.7 Å². The Kier molecular flexibility index (Phi) is 10.0. The van der Waals surface area contributed by atoms with Gasteiger partial charge in [-0.3, -0.25) is 14.4 Å². The number of nitrogens with one attached hydrogen (secondary N) is 3. The van der Waals surface area contributed by atoms with Gasteiger partial charge in [-0.15, -0.1) is 11.8 Å². The van der Waals surface area contributed by atoms with Crippen molar-refractivity contribution in [2.75, 3.05) is 16.4 Å². The quantitative estimate of drug-likeness (QED) is 0.106. The minimum absolute atomic E-state index is 0.0583. The molecule has 0 radical (unpaired) electrons. The van der Waals surface area contributed by atoms with Crippen molar-refractivity contribution in [2.24, 2.45) is 0 Å². The number of carbonyl (C=O) groups is 3. The Balaban J connectivity index is 1.25. The molecule has 46 heavy (non-hydrogen) atoms. The predicted octanol–water partition coefficient (Wildman–Crippen LogP) is 8.11. The van der Waals surface area contributed by atoms with Crippen LogP contribution >= 0.6 is 11.8 Å². The van der Waals surface area contributed by atoms with Gasteiger partial charge >= 0.3 is 6.18 Å². The molecule has 5 rings (SSSR count). The molecule has 0 aliphatic rings. The van der Waals surface area contributed by atoms with Gasteiger partial charge in [-0.25, -0.2) is 0 Å². The number of hydrogen-bond acceptors (Lipinski definition) is 5. The molecule has 5 aromatic rings. The van der Waals surface area contributed by atoms with E-state index in [1.165, 1.54) is 24.3 Å². The van der Waals surface area contributed by atoms with E-state index in [2.05, 4.69) is 16.0 Å². The summed E-state index contributed by atoms with van der Waals surface area (Å²) in [6.07, 6.45) is -3.16. The van der Waals surface area contributed by atoms with Crippen LogP contribution in [0.1, 0.15) is 21.7 Å². The maximum Gasteiger partial charge on any atom is 0.418 e. The van der Waals surface area contributed by atoms with Crippen LogP contribution in [0, 0.1) is 0 Å². The van der Waals surface area contributed by atoms with Gasteiger partial charge in [-0.05, 0) is 60.7 Å². The van der Waals surface area contributed by atoms with Crippen LogP contribution in [-0.4, -0.2) is 23.5 Å². The molecular formula is C35H26F3N3O4S. The van der Waals surface area contributed by atoms with Crippen molar-refractivity contribution in [3.63, 3.8) is 0 Å². The lowest BCUT2D eigenvalue weighted by Crippen LogP contribution is -2.30. The Morgan fingerprint density at radius 3 is 2.09 bits per heavy atom. The first-order valence-corrected chi connectivity index (χ1v) is 14.9. The monoisotopic (exact) mass is 641 g/mol. The van der Waals surface area contributed by atoms with Crippen molar-refractivity contribution >= 4 is 46.9 Å². The highest BCUT2D eigenvalue weighted by molar-refractivity contribution is 8.00. The molecule has 1 heterocycles. The third-order valence-corrected chi connectivity index (χ3v) is 7.50. The number of hydrogen-bond donors (Lipinski definition) is 3. The molecule has 0 aliphatic carbocycles. The van der Waals surface area contributed by atoms with E-state index < -0.39 is 29.5 Å². The summed E-state index contributed by atoms with van der Waals surface area (Å²) >= 11 is 1.12. The van der Waals surface area contributed by atoms with Crippen LogP contribution in [0.2, 0.25) is 0 Å². The Morgan fingerprint density at radius 2 is 1.39 bits per heavy atom. The first-order valence-electron chi connectivity index (χ1n) is 13.9. The van der Waals surface area contributed by atoms with Crippen molar-refractivity contribution in [1.29, 1.82) is 0 Å². The fourth-order valence-electron chi connectivity index (χ4n) is 4.28. The highest BCUT2D eigenvalue weighted by atomic mass is 32.2. The zero-order chi connectivity index (χ0) is 32.5. The van der Waals surface area contributed by atoms with Gasteiger partial charge in [0, 0.05) is 27.8 Å². The molecule has 7 nitrogen and oxygen atoms in total. The molecule has 0 fully saturated rings. The summed E-state index contributed by atoms with van der Waals surface area (Å²) in [5, 5.41) is 7.71. The zero-order valence-electron chi connectivity index (χ0n) is 24.0. The molecule has 11 heteroatoms. The van der Waals surface area contributed by atoms with Gasteiger partial charge in [0.15, 0.2) is 0 Å². The number of alkyl halides is 3. The average Bonchev–Trinajstić information content (AvgIpc) is 3.53. The molecule has 232 valence electrons. The minimum Gasteiger partial charge on any atom is -0.457 e. The number of thioether (sulfide) groups is 1. The topological polar surface area (TPSA) is 100 Å². The highest BCUT2D eigenvalue weighted by Gasteiger charge is 2.33. The second-order valence-corrected chi connectivity index (χ2v) is 10.9. The first kappa shape index (κ1) is 31.9. The Morgan fingerprint density at radius 1 is 0.739 bits per heavy atom. The molecule has 3 amide bonds. The Bertz CT molecular complexity index is 1860. The van der Waals surface area contributed by atoms with Crippen molar-refractivity contribution in [2.45, 2.75) is 11.1 Å². The summed E-state index contributed by atoms with van der Waals surface area (Å²) < 4.78 is 45.6. The second kappa shape index (κ2) is 14.5. The van der Waals surface area contributed by atoms with Crippen LogP contribution in [0.4, 0.5) is 24.5 Å². The summed E-state index contributed by atoms with van der Waals surface area (Å²) in [6, 6.07) is 32.6. The summed E-state index contributed by atoms with van der Waals surface area (Å²) in [7, 11) is 0. The largest absolute Gasteiger partial charge is 0.457 e. The third-order valence-electron chi connectivity index (χ3n) is 6.49. The number of furan rings is 1. The van der Waals surface area contributed by atoms with E-state index in [-0.39, 0.29) is 17.1 Å². The predicted molar refractivity (Wildman–Crippen MR) is 172 cm³/mol. The number of carbonyl (C=O) groups excluding carboxylic acids is 3. The van der Waals surface area contributed by atoms with Gasteiger partial charge in [0.25, 0.3) is 11.8 Å². The normalized spacial score (nSPS) is 11.5. The zero-order valence-corrected chi connectivity index (χ0v) is 24.8. The molecule has 0 aliphatic heterocycles. The summed E-state index contributed by atoms with van der Waals surface area (Å²) in [5.74, 6) is -0.890. The van der Waals surface area contributed by atoms with Crippen LogP contribution in [0.25, 0.3) is 17.4 Å². The highest BCUT2D eigenvalue weighted by Crippen LogP contribution is 2.34. The van der Waals surface area contributed by atoms with E-state index in [9.17, 15) is 27.6 Å². The molecule has 0 atom stereocenters. The molecule has 0 saturated heterocycles. The number of rotatable bonds is 10. The standard InChI is InChI=1S/C35H26F3N3O4S/c36-35(37,38)28-13-7-8-14-29(28)40-32(42)22-46-27-18-15-25(16-19-27)39-34(44)30(41-33(43)24-11-5-2-6-12-24)21-26-17-20-31(45-26)23-9-3-1-4-10-23/h1-21H,22H2,(H,39,44)(H,40,42)(H,41,43)/b30-21+. The summed E-state index contributed by atoms with van der Waals surface area (Å²) in [5.41, 5.74) is 0.318. The first-order chi connectivity index (χ1) is 22.2. The molecule has 3 N–H and O–H groups in total. The lowest BCUT2D eigenvalue weighted by atomic mass is 10.1. The van der Waals surface area contributed by atoms with E-state index in [0.717, 1.165) is 23.4 Å². The average molecular weight is 642 g/mol. The second-order valence-electron chi connectivity index (χ2n) is 9.80. The summed E-state index contributed by atoms with van der Waals surface area (Å²) in [4.78, 5) is 39.3. The fourth-order valence-corrected chi connectivity index (χ4v) is 4.98. The van der Waals surface area contributed by atoms with Gasteiger partial charge in [-0.2, -0.15) is 13.2 Å². The van der Waals surface area contributed by atoms with E-state index >= 15 is 0 Å². The van der Waals surface area contributed by atoms with Gasteiger partial charge in [0.2, 0.25) is 5.91 Å². The van der Waals surface area contributed by atoms with Crippen molar-refractivity contribution in [3.8, 4) is 11.3 Å². The third kappa shape index (κ3) is 8.54. The Labute approximate surface area is 266 Å². The van der Waals surface area contributed by atoms with Gasteiger partial charge in [-0.1, -0.05) is 60.7 Å². The number of anilines is 2. The molecular weight excluding hydrogens is 615 g/mol. The van der Waals surface area contributed by atoms with Crippen LogP contribution in [-0.2, 0) is 15.8 Å². The lowest BCUT2D eigenvalue weighted by Gasteiger charge is -2.13. The van der Waals surface area contributed by atoms with Crippen LogP contribution < -0.4 is 16.0 Å². The van der Waals surface area contributed by atoms with Gasteiger partial charge in [0.05, 0.1) is 17.0 Å². The Hall–Kier alpha value is -5.55. The number of benzene rings is 4. The van der Waals surface area contributed by atoms with Gasteiger partial charge < -0.3 is 20.4 Å². The maximum atomic E-state index is 13.4. The minimum atomic E-state index is -4.60. The van der Waals surface area contributed by atoms with Crippen LogP contribution in [0.3, 0.4) is 0 Å². The van der Waals surface area contributed by atoms with Crippen molar-refractivity contribution < 1.29 is 32.0 Å². The van der Waals surface area contributed by atoms with E-state index in [1.807, 2.05) is 30.3 Å². The summed E-state index contributed by atoms with van der Waals surface area (Å²) in [6.45, 7) is 0. The van der Waals surface area contributed by atoms with Crippen molar-refractivity contribution in [3.05, 3.63) is 144 Å². The van der Waals surface area contributed by atoms with Gasteiger partial charge in [0.1, 0.15) is 17.2 Å². The molecule has 4 aromatic carbocycles. The van der Waals surface area contributed by atoms with E-state index in [4.69, 9.17) is 4.42 Å². The van der Waals surface area contributed by atoms with E-state index in [0.29, 0.717) is 27.7 Å². The molecule has 0 bridgehead atoms. The van der Waals surface area contributed by atoms with Crippen LogP contribution in [0.5, 0.6) is 0 Å². The number of para-hydroxylation sites is 1. The molecule has 0 unspecified atom stereocenters. The smallest absolute Gasteiger partial charge is 0.418 e. The maximum absolute atomic E-state index is 13.4. The fraction of sp³-hybridized carbons (Fsp3) is 0.0571. The van der Waals surface area contributed by atoms with Crippen LogP contribution in [0.15, 0.2) is 136 Å². The number of halogens is 3. The SMILES string of the molecule is O=C(CSc1ccc(NC(=O)/C(=C\c2ccc(-c3ccccc3)o2)NC(=O)c2ccccc2)cc1)Nc1ccccc1C(F)(F)F. The molecule has 0 saturated carbocycles. The molecule has 0 spiro atoms. The molecule has 1 aromatic heterocycles. The number of amides is 3.